The second-order valence-corrected chi connectivity index (χ2v) is 2.91. The summed E-state index contributed by atoms with van der Waals surface area (Å²) in [6, 6.07) is 3.21. The average molecular weight is 196 g/mol. The lowest BCUT2D eigenvalue weighted by Gasteiger charge is -2.13. The molecule has 0 aromatic heterocycles. The van der Waals surface area contributed by atoms with Gasteiger partial charge in [0, 0.05) is 17.7 Å². The van der Waals surface area contributed by atoms with Crippen molar-refractivity contribution < 1.29 is 14.6 Å². The second kappa shape index (κ2) is 4.74. The first-order chi connectivity index (χ1) is 6.72. The zero-order valence-corrected chi connectivity index (χ0v) is 8.83. The third-order valence-electron chi connectivity index (χ3n) is 2.03. The van der Waals surface area contributed by atoms with E-state index in [1.807, 2.05) is 13.8 Å². The molecule has 14 heavy (non-hydrogen) atoms. The van der Waals surface area contributed by atoms with Gasteiger partial charge >= 0.3 is 0 Å². The van der Waals surface area contributed by atoms with E-state index in [1.54, 1.807) is 19.2 Å². The fourth-order valence-corrected chi connectivity index (χ4v) is 1.42. The van der Waals surface area contributed by atoms with Crippen molar-refractivity contribution in [2.45, 2.75) is 20.3 Å². The molecule has 0 atom stereocenters. The summed E-state index contributed by atoms with van der Waals surface area (Å²) in [5.41, 5.74) is 0.993. The summed E-state index contributed by atoms with van der Waals surface area (Å²) >= 11 is 0. The van der Waals surface area contributed by atoms with E-state index >= 15 is 0 Å². The van der Waals surface area contributed by atoms with Gasteiger partial charge in [-0.1, -0.05) is 6.92 Å². The first kappa shape index (κ1) is 10.7. The number of benzene rings is 1. The van der Waals surface area contributed by atoms with E-state index in [1.165, 1.54) is 0 Å². The molecule has 0 aliphatic heterocycles. The average Bonchev–Trinajstić information content (AvgIpc) is 2.17. The normalized spacial score (nSPS) is 9.93. The SMILES string of the molecule is CCOc1cc(O)cc(OC)c1CC. The number of aromatic hydroxyl groups is 1. The largest absolute Gasteiger partial charge is 0.508 e. The molecule has 0 amide bonds. The minimum Gasteiger partial charge on any atom is -0.508 e. The standard InChI is InChI=1S/C11H16O3/c1-4-9-10(13-3)6-8(12)7-11(9)14-5-2/h6-7,12H,4-5H2,1-3H3. The van der Waals surface area contributed by atoms with Crippen LogP contribution in [0.1, 0.15) is 19.4 Å². The van der Waals surface area contributed by atoms with E-state index in [-0.39, 0.29) is 5.75 Å². The number of phenols is 1. The third kappa shape index (κ3) is 2.10. The molecule has 3 nitrogen and oxygen atoms in total. The van der Waals surface area contributed by atoms with E-state index in [0.717, 1.165) is 12.0 Å². The first-order valence-corrected chi connectivity index (χ1v) is 4.75. The fraction of sp³-hybridized carbons (Fsp3) is 0.455. The van der Waals surface area contributed by atoms with Gasteiger partial charge in [-0.3, -0.25) is 0 Å². The highest BCUT2D eigenvalue weighted by Gasteiger charge is 2.10. The van der Waals surface area contributed by atoms with E-state index in [9.17, 15) is 5.11 Å². The van der Waals surface area contributed by atoms with Gasteiger partial charge in [-0.05, 0) is 13.3 Å². The third-order valence-corrected chi connectivity index (χ3v) is 2.03. The van der Waals surface area contributed by atoms with Crippen LogP contribution in [0.25, 0.3) is 0 Å². The maximum absolute atomic E-state index is 9.41. The van der Waals surface area contributed by atoms with Crippen molar-refractivity contribution in [3.8, 4) is 17.2 Å². The highest BCUT2D eigenvalue weighted by atomic mass is 16.5. The van der Waals surface area contributed by atoms with Crippen LogP contribution in [0.3, 0.4) is 0 Å². The number of ether oxygens (including phenoxy) is 2. The van der Waals surface area contributed by atoms with E-state index in [4.69, 9.17) is 9.47 Å². The van der Waals surface area contributed by atoms with Crippen LogP contribution in [0, 0.1) is 0 Å². The Morgan fingerprint density at radius 3 is 2.36 bits per heavy atom. The van der Waals surface area contributed by atoms with Crippen LogP contribution < -0.4 is 9.47 Å². The molecule has 0 unspecified atom stereocenters. The van der Waals surface area contributed by atoms with Gasteiger partial charge in [-0.15, -0.1) is 0 Å². The molecule has 0 bridgehead atoms. The molecule has 0 spiro atoms. The van der Waals surface area contributed by atoms with Gasteiger partial charge < -0.3 is 14.6 Å². The molecule has 0 saturated carbocycles. The van der Waals surface area contributed by atoms with Crippen molar-refractivity contribution in [3.05, 3.63) is 17.7 Å². The lowest BCUT2D eigenvalue weighted by molar-refractivity contribution is 0.327. The Balaban J connectivity index is 3.17. The maximum Gasteiger partial charge on any atom is 0.129 e. The summed E-state index contributed by atoms with van der Waals surface area (Å²) in [5.74, 6) is 1.55. The second-order valence-electron chi connectivity index (χ2n) is 2.91. The molecule has 0 radical (unpaired) electrons. The molecular weight excluding hydrogens is 180 g/mol. The molecular formula is C11H16O3. The Hall–Kier alpha value is -1.38. The van der Waals surface area contributed by atoms with Gasteiger partial charge in [0.2, 0.25) is 0 Å². The summed E-state index contributed by atoms with van der Waals surface area (Å²) in [4.78, 5) is 0. The maximum atomic E-state index is 9.41. The Kier molecular flexibility index (Phi) is 3.63. The van der Waals surface area contributed by atoms with Crippen LogP contribution in [0.15, 0.2) is 12.1 Å². The zero-order valence-electron chi connectivity index (χ0n) is 8.83. The van der Waals surface area contributed by atoms with Gasteiger partial charge in [-0.25, -0.2) is 0 Å². The summed E-state index contributed by atoms with van der Waals surface area (Å²) < 4.78 is 10.6. The zero-order chi connectivity index (χ0) is 10.6. The van der Waals surface area contributed by atoms with Gasteiger partial charge in [0.15, 0.2) is 0 Å². The molecule has 0 aliphatic rings. The predicted octanol–water partition coefficient (Wildman–Crippen LogP) is 2.36. The summed E-state index contributed by atoms with van der Waals surface area (Å²) in [5, 5.41) is 9.41. The van der Waals surface area contributed by atoms with Gasteiger partial charge in [-0.2, -0.15) is 0 Å². The molecule has 0 aliphatic carbocycles. The van der Waals surface area contributed by atoms with Gasteiger partial charge in [0.25, 0.3) is 0 Å². The Morgan fingerprint density at radius 1 is 1.21 bits per heavy atom. The van der Waals surface area contributed by atoms with Crippen molar-refractivity contribution >= 4 is 0 Å². The first-order valence-electron chi connectivity index (χ1n) is 4.75. The molecule has 0 heterocycles. The number of phenolic OH excluding ortho intramolecular Hbond substituents is 1. The van der Waals surface area contributed by atoms with Gasteiger partial charge in [0.1, 0.15) is 17.2 Å². The van der Waals surface area contributed by atoms with E-state index < -0.39 is 0 Å². The van der Waals surface area contributed by atoms with Crippen LogP contribution >= 0.6 is 0 Å². The molecule has 1 N–H and O–H groups in total. The lowest BCUT2D eigenvalue weighted by Crippen LogP contribution is -1.98. The van der Waals surface area contributed by atoms with Crippen molar-refractivity contribution in [2.75, 3.05) is 13.7 Å². The van der Waals surface area contributed by atoms with Crippen LogP contribution in [0.4, 0.5) is 0 Å². The van der Waals surface area contributed by atoms with Crippen molar-refractivity contribution in [1.29, 1.82) is 0 Å². The molecule has 1 rings (SSSR count). The number of hydrogen-bond donors (Lipinski definition) is 1. The molecule has 3 heteroatoms. The summed E-state index contributed by atoms with van der Waals surface area (Å²) in [6.07, 6.45) is 0.818. The minimum atomic E-state index is 0.169. The molecule has 0 fully saturated rings. The van der Waals surface area contributed by atoms with E-state index in [0.29, 0.717) is 18.1 Å². The molecule has 1 aromatic carbocycles. The molecule has 0 saturated heterocycles. The monoisotopic (exact) mass is 196 g/mol. The Bertz CT molecular complexity index is 308. The fourth-order valence-electron chi connectivity index (χ4n) is 1.42. The Morgan fingerprint density at radius 2 is 1.86 bits per heavy atom. The topological polar surface area (TPSA) is 38.7 Å². The minimum absolute atomic E-state index is 0.169. The van der Waals surface area contributed by atoms with Crippen LogP contribution in [-0.2, 0) is 6.42 Å². The van der Waals surface area contributed by atoms with Crippen LogP contribution in [0.2, 0.25) is 0 Å². The molecule has 1 aromatic rings. The smallest absolute Gasteiger partial charge is 0.129 e. The van der Waals surface area contributed by atoms with Crippen LogP contribution in [-0.4, -0.2) is 18.8 Å². The number of hydrogen-bond acceptors (Lipinski definition) is 3. The van der Waals surface area contributed by atoms with Crippen molar-refractivity contribution in [1.82, 2.24) is 0 Å². The van der Waals surface area contributed by atoms with Crippen LogP contribution in [0.5, 0.6) is 17.2 Å². The quantitative estimate of drug-likeness (QED) is 0.803. The van der Waals surface area contributed by atoms with E-state index in [2.05, 4.69) is 0 Å². The van der Waals surface area contributed by atoms with Crippen molar-refractivity contribution in [3.63, 3.8) is 0 Å². The number of methoxy groups -OCH3 is 1. The van der Waals surface area contributed by atoms with Crippen molar-refractivity contribution in [2.24, 2.45) is 0 Å². The lowest BCUT2D eigenvalue weighted by atomic mass is 10.1. The number of rotatable bonds is 4. The highest BCUT2D eigenvalue weighted by molar-refractivity contribution is 5.50. The summed E-state index contributed by atoms with van der Waals surface area (Å²) in [7, 11) is 1.59. The summed E-state index contributed by atoms with van der Waals surface area (Å²) in [6.45, 7) is 4.52. The van der Waals surface area contributed by atoms with Gasteiger partial charge in [0.05, 0.1) is 13.7 Å². The Labute approximate surface area is 84.3 Å². The highest BCUT2D eigenvalue weighted by Crippen LogP contribution is 2.33. The predicted molar refractivity (Wildman–Crippen MR) is 55.2 cm³/mol. The molecule has 78 valence electrons.